The van der Waals surface area contributed by atoms with E-state index in [0.29, 0.717) is 6.61 Å². The first-order chi connectivity index (χ1) is 16.7. The molecule has 6 nitrogen and oxygen atoms in total. The Balaban J connectivity index is 1.18. The molecule has 6 heteroatoms. The van der Waals surface area contributed by atoms with Crippen molar-refractivity contribution in [3.63, 3.8) is 0 Å². The van der Waals surface area contributed by atoms with Gasteiger partial charge < -0.3 is 4.74 Å². The Labute approximate surface area is 200 Å². The highest BCUT2D eigenvalue weighted by Gasteiger charge is 2.26. The van der Waals surface area contributed by atoms with Gasteiger partial charge in [-0.1, -0.05) is 60.7 Å². The smallest absolute Gasteiger partial charge is 0.350 e. The zero-order valence-electron chi connectivity index (χ0n) is 19.5. The molecule has 174 valence electrons. The third-order valence-corrected chi connectivity index (χ3v) is 6.49. The van der Waals surface area contributed by atoms with Gasteiger partial charge >= 0.3 is 5.69 Å². The minimum absolute atomic E-state index is 0.0850. The molecule has 1 aromatic heterocycles. The molecule has 4 aromatic rings. The molecule has 2 heterocycles. The van der Waals surface area contributed by atoms with E-state index in [-0.39, 0.29) is 11.6 Å². The first kappa shape index (κ1) is 22.2. The Morgan fingerprint density at radius 1 is 0.853 bits per heavy atom. The van der Waals surface area contributed by atoms with Crippen LogP contribution in [0, 0.1) is 0 Å². The normalized spacial score (nSPS) is 14.9. The van der Waals surface area contributed by atoms with Crippen molar-refractivity contribution < 1.29 is 4.74 Å². The predicted octanol–water partition coefficient (Wildman–Crippen LogP) is 4.53. The lowest BCUT2D eigenvalue weighted by molar-refractivity contribution is 0.200. The number of hydrogen-bond donors (Lipinski definition) is 0. The van der Waals surface area contributed by atoms with E-state index >= 15 is 0 Å². The van der Waals surface area contributed by atoms with Crippen LogP contribution in [0.25, 0.3) is 5.69 Å². The summed E-state index contributed by atoms with van der Waals surface area (Å²) in [6.45, 7) is 3.46. The molecule has 0 saturated carbocycles. The summed E-state index contributed by atoms with van der Waals surface area (Å²) in [5, 5.41) is 4.60. The summed E-state index contributed by atoms with van der Waals surface area (Å²) in [4.78, 5) is 15.2. The van der Waals surface area contributed by atoms with Gasteiger partial charge in [0.15, 0.2) is 0 Å². The number of ether oxygens (including phenoxy) is 1. The number of rotatable bonds is 7. The van der Waals surface area contributed by atoms with Gasteiger partial charge in [-0.05, 0) is 61.3 Å². The summed E-state index contributed by atoms with van der Waals surface area (Å²) in [5.74, 6) is 2.04. The lowest BCUT2D eigenvalue weighted by atomic mass is 9.95. The Bertz CT molecular complexity index is 1260. The molecule has 0 bridgehead atoms. The molecule has 0 spiro atoms. The van der Waals surface area contributed by atoms with Gasteiger partial charge in [0.1, 0.15) is 18.2 Å². The minimum Gasteiger partial charge on any atom is -0.489 e. The quantitative estimate of drug-likeness (QED) is 0.412. The highest BCUT2D eigenvalue weighted by atomic mass is 16.5. The summed E-state index contributed by atoms with van der Waals surface area (Å²) < 4.78 is 9.14. The van der Waals surface area contributed by atoms with Crippen molar-refractivity contribution >= 4 is 0 Å². The molecular formula is C28H30N4O2. The van der Waals surface area contributed by atoms with E-state index in [2.05, 4.69) is 46.4 Å². The fourth-order valence-electron chi connectivity index (χ4n) is 4.61. The van der Waals surface area contributed by atoms with Gasteiger partial charge in [-0.25, -0.2) is 14.0 Å². The van der Waals surface area contributed by atoms with Crippen LogP contribution in [-0.2, 0) is 20.2 Å². The van der Waals surface area contributed by atoms with E-state index < -0.39 is 0 Å². The van der Waals surface area contributed by atoms with Crippen molar-refractivity contribution in [3.05, 3.63) is 112 Å². The fraction of sp³-hybridized carbons (Fsp3) is 0.286. The maximum atomic E-state index is 12.7. The van der Waals surface area contributed by atoms with Gasteiger partial charge in [-0.3, -0.25) is 4.90 Å². The summed E-state index contributed by atoms with van der Waals surface area (Å²) in [6.07, 6.45) is 1.98. The number of benzene rings is 3. The predicted molar refractivity (Wildman–Crippen MR) is 133 cm³/mol. The van der Waals surface area contributed by atoms with Crippen molar-refractivity contribution in [1.82, 2.24) is 19.2 Å². The molecule has 34 heavy (non-hydrogen) atoms. The van der Waals surface area contributed by atoms with E-state index in [4.69, 9.17) is 4.74 Å². The van der Waals surface area contributed by atoms with Gasteiger partial charge in [0.2, 0.25) is 0 Å². The van der Waals surface area contributed by atoms with Crippen LogP contribution in [0.5, 0.6) is 5.75 Å². The molecule has 1 saturated heterocycles. The highest BCUT2D eigenvalue weighted by Crippen LogP contribution is 2.28. The molecule has 1 aliphatic heterocycles. The van der Waals surface area contributed by atoms with Gasteiger partial charge in [0.25, 0.3) is 0 Å². The number of aromatic nitrogens is 3. The highest BCUT2D eigenvalue weighted by molar-refractivity contribution is 5.33. The van der Waals surface area contributed by atoms with Crippen molar-refractivity contribution in [1.29, 1.82) is 0 Å². The van der Waals surface area contributed by atoms with Crippen LogP contribution in [0.1, 0.15) is 35.7 Å². The van der Waals surface area contributed by atoms with Crippen molar-refractivity contribution in [2.75, 3.05) is 13.1 Å². The van der Waals surface area contributed by atoms with Crippen molar-refractivity contribution in [2.45, 2.75) is 31.9 Å². The Morgan fingerprint density at radius 2 is 1.50 bits per heavy atom. The van der Waals surface area contributed by atoms with E-state index in [1.807, 2.05) is 48.5 Å². The molecule has 0 aliphatic carbocycles. The number of hydrogen-bond acceptors (Lipinski definition) is 4. The number of likely N-dealkylation sites (tertiary alicyclic amines) is 1. The summed E-state index contributed by atoms with van der Waals surface area (Å²) >= 11 is 0. The first-order valence-corrected chi connectivity index (χ1v) is 11.9. The maximum absolute atomic E-state index is 12.7. The third kappa shape index (κ3) is 4.97. The largest absolute Gasteiger partial charge is 0.489 e. The van der Waals surface area contributed by atoms with E-state index in [1.54, 1.807) is 11.6 Å². The monoisotopic (exact) mass is 454 g/mol. The lowest BCUT2D eigenvalue weighted by Gasteiger charge is -2.31. The number of para-hydroxylation sites is 1. The number of nitrogens with zero attached hydrogens (tertiary/aromatic N) is 4. The molecule has 0 N–H and O–H groups in total. The molecule has 1 fully saturated rings. The van der Waals surface area contributed by atoms with Gasteiger partial charge in [0.05, 0.1) is 5.69 Å². The van der Waals surface area contributed by atoms with Crippen LogP contribution >= 0.6 is 0 Å². The molecule has 0 amide bonds. The first-order valence-electron chi connectivity index (χ1n) is 11.9. The van der Waals surface area contributed by atoms with E-state index in [1.165, 1.54) is 15.8 Å². The average molecular weight is 455 g/mol. The molecule has 5 rings (SSSR count). The third-order valence-electron chi connectivity index (χ3n) is 6.49. The molecule has 0 radical (unpaired) electrons. The second kappa shape index (κ2) is 10.1. The maximum Gasteiger partial charge on any atom is 0.350 e. The zero-order valence-corrected chi connectivity index (χ0v) is 19.5. The van der Waals surface area contributed by atoms with Gasteiger partial charge in [0, 0.05) is 19.5 Å². The van der Waals surface area contributed by atoms with Crippen LogP contribution in [0.2, 0.25) is 0 Å². The van der Waals surface area contributed by atoms with Gasteiger partial charge in [-0.2, -0.15) is 5.10 Å². The Kier molecular flexibility index (Phi) is 6.58. The van der Waals surface area contributed by atoms with Crippen LogP contribution in [0.15, 0.2) is 89.7 Å². The molecule has 0 atom stereocenters. The molecular weight excluding hydrogens is 424 g/mol. The van der Waals surface area contributed by atoms with E-state index in [9.17, 15) is 4.79 Å². The summed E-state index contributed by atoms with van der Waals surface area (Å²) in [5.41, 5.74) is 3.25. The second-order valence-corrected chi connectivity index (χ2v) is 8.90. The Hall–Kier alpha value is -3.64. The molecule has 3 aromatic carbocycles. The average Bonchev–Trinajstić information content (AvgIpc) is 3.19. The Morgan fingerprint density at radius 3 is 2.18 bits per heavy atom. The second-order valence-electron chi connectivity index (χ2n) is 8.90. The fourth-order valence-corrected chi connectivity index (χ4v) is 4.61. The van der Waals surface area contributed by atoms with Crippen LogP contribution in [0.4, 0.5) is 0 Å². The topological polar surface area (TPSA) is 52.3 Å². The van der Waals surface area contributed by atoms with Crippen LogP contribution in [-0.4, -0.2) is 32.3 Å². The van der Waals surface area contributed by atoms with E-state index in [0.717, 1.165) is 49.7 Å². The van der Waals surface area contributed by atoms with Crippen LogP contribution < -0.4 is 10.4 Å². The van der Waals surface area contributed by atoms with Gasteiger partial charge in [-0.15, -0.1) is 0 Å². The number of aryl methyl sites for hydroxylation is 1. The van der Waals surface area contributed by atoms with Crippen molar-refractivity contribution in [3.8, 4) is 11.4 Å². The SMILES string of the molecule is Cn1nc(C2CCN(Cc3ccc(OCc4ccccc4)cc3)CC2)n(-c2ccccc2)c1=O. The standard InChI is InChI=1S/C28H30N4O2/c1-30-28(33)32(25-10-6-3-7-11-25)27(29-30)24-16-18-31(19-17-24)20-22-12-14-26(15-13-22)34-21-23-8-4-2-5-9-23/h2-15,24H,16-21H2,1H3. The lowest BCUT2D eigenvalue weighted by Crippen LogP contribution is -2.33. The number of piperidine rings is 1. The summed E-state index contributed by atoms with van der Waals surface area (Å²) in [7, 11) is 1.73. The summed E-state index contributed by atoms with van der Waals surface area (Å²) in [6, 6.07) is 28.4. The van der Waals surface area contributed by atoms with Crippen LogP contribution in [0.3, 0.4) is 0 Å². The zero-order chi connectivity index (χ0) is 23.3. The minimum atomic E-state index is -0.0850. The molecule has 1 aliphatic rings. The van der Waals surface area contributed by atoms with Crippen molar-refractivity contribution in [2.24, 2.45) is 7.05 Å². The molecule has 0 unspecified atom stereocenters.